The molecule has 2 fully saturated rings. The van der Waals surface area contributed by atoms with Crippen molar-refractivity contribution in [2.45, 2.75) is 48.9 Å². The quantitative estimate of drug-likeness (QED) is 0.576. The maximum atomic E-state index is 9.60. The van der Waals surface area contributed by atoms with Crippen LogP contribution in [0.5, 0.6) is 0 Å². The smallest absolute Gasteiger partial charge is 0.175 e. The third-order valence-electron chi connectivity index (χ3n) is 6.40. The number of halogens is 2. The van der Waals surface area contributed by atoms with Gasteiger partial charge in [-0.15, -0.1) is 0 Å². The third kappa shape index (κ3) is 3.70. The number of benzene rings is 1. The van der Waals surface area contributed by atoms with Gasteiger partial charge >= 0.3 is 0 Å². The SMILES string of the molecule is C[C@@H]1CCCC12CCN(c1cnc(Sc3cccc(Cl)c3Cl)c(C#N)n1)CC2. The minimum absolute atomic E-state index is 0.327. The molecule has 28 heavy (non-hydrogen) atoms. The molecule has 2 aliphatic rings. The molecular formula is C21H22Cl2N4S. The molecule has 0 bridgehead atoms. The lowest BCUT2D eigenvalue weighted by atomic mass is 9.71. The van der Waals surface area contributed by atoms with Crippen LogP contribution in [0.2, 0.25) is 10.0 Å². The fraction of sp³-hybridized carbons (Fsp3) is 0.476. The van der Waals surface area contributed by atoms with Gasteiger partial charge < -0.3 is 4.90 Å². The zero-order valence-electron chi connectivity index (χ0n) is 15.8. The van der Waals surface area contributed by atoms with Crippen molar-refractivity contribution in [1.29, 1.82) is 5.26 Å². The molecular weight excluding hydrogens is 411 g/mol. The molecule has 1 aromatic heterocycles. The van der Waals surface area contributed by atoms with Crippen LogP contribution in [0.4, 0.5) is 5.82 Å². The number of hydrogen-bond donors (Lipinski definition) is 0. The Morgan fingerprint density at radius 2 is 2.04 bits per heavy atom. The van der Waals surface area contributed by atoms with E-state index in [2.05, 4.69) is 27.9 Å². The maximum absolute atomic E-state index is 9.60. The molecule has 1 atom stereocenters. The van der Waals surface area contributed by atoms with Gasteiger partial charge in [0.2, 0.25) is 0 Å². The molecule has 1 aliphatic carbocycles. The van der Waals surface area contributed by atoms with Crippen LogP contribution in [0.15, 0.2) is 34.3 Å². The van der Waals surface area contributed by atoms with Crippen molar-refractivity contribution in [3.8, 4) is 6.07 Å². The molecule has 2 aromatic rings. The van der Waals surface area contributed by atoms with E-state index in [4.69, 9.17) is 23.2 Å². The molecule has 1 saturated heterocycles. The first-order valence-electron chi connectivity index (χ1n) is 9.66. The summed E-state index contributed by atoms with van der Waals surface area (Å²) in [5.41, 5.74) is 0.842. The summed E-state index contributed by atoms with van der Waals surface area (Å²) in [4.78, 5) is 12.2. The van der Waals surface area contributed by atoms with E-state index in [-0.39, 0.29) is 0 Å². The van der Waals surface area contributed by atoms with Crippen molar-refractivity contribution in [2.24, 2.45) is 11.3 Å². The van der Waals surface area contributed by atoms with E-state index < -0.39 is 0 Å². The van der Waals surface area contributed by atoms with Gasteiger partial charge in [0.25, 0.3) is 0 Å². The largest absolute Gasteiger partial charge is 0.355 e. The molecule has 4 nitrogen and oxygen atoms in total. The van der Waals surface area contributed by atoms with E-state index in [1.165, 1.54) is 43.9 Å². The standard InChI is InChI=1S/C21H22Cl2N4S/c1-14-4-3-7-21(14)8-10-27(11-9-21)18-13-25-20(16(12-24)26-18)28-17-6-2-5-15(22)19(17)23/h2,5-6,13-14H,3-4,7-11H2,1H3/t14-/m1/s1. The Bertz CT molecular complexity index is 919. The van der Waals surface area contributed by atoms with Gasteiger partial charge in [-0.2, -0.15) is 5.26 Å². The van der Waals surface area contributed by atoms with Crippen LogP contribution in [-0.4, -0.2) is 23.1 Å². The Hall–Kier alpha value is -1.48. The number of nitrogens with zero attached hydrogens (tertiary/aromatic N) is 4. The predicted octanol–water partition coefficient (Wildman–Crippen LogP) is 6.21. The first-order chi connectivity index (χ1) is 13.5. The minimum atomic E-state index is 0.327. The van der Waals surface area contributed by atoms with E-state index in [1.807, 2.05) is 12.1 Å². The van der Waals surface area contributed by atoms with Crippen LogP contribution < -0.4 is 4.90 Å². The highest BCUT2D eigenvalue weighted by molar-refractivity contribution is 7.99. The van der Waals surface area contributed by atoms with Crippen LogP contribution in [-0.2, 0) is 0 Å². The summed E-state index contributed by atoms with van der Waals surface area (Å²) in [6, 6.07) is 7.62. The van der Waals surface area contributed by atoms with E-state index in [0.717, 1.165) is 29.7 Å². The van der Waals surface area contributed by atoms with Crippen LogP contribution in [0, 0.1) is 22.7 Å². The van der Waals surface area contributed by atoms with Crippen molar-refractivity contribution in [2.75, 3.05) is 18.0 Å². The summed E-state index contributed by atoms with van der Waals surface area (Å²) in [7, 11) is 0. The zero-order valence-corrected chi connectivity index (χ0v) is 18.1. The lowest BCUT2D eigenvalue weighted by molar-refractivity contribution is 0.161. The third-order valence-corrected chi connectivity index (χ3v) is 8.38. The van der Waals surface area contributed by atoms with Crippen molar-refractivity contribution in [3.05, 3.63) is 40.1 Å². The van der Waals surface area contributed by atoms with Crippen LogP contribution in [0.25, 0.3) is 0 Å². The maximum Gasteiger partial charge on any atom is 0.175 e. The number of hydrogen-bond acceptors (Lipinski definition) is 5. The molecule has 2 heterocycles. The Balaban J connectivity index is 1.52. The number of aromatic nitrogens is 2. The number of anilines is 1. The van der Waals surface area contributed by atoms with Crippen LogP contribution in [0.1, 0.15) is 44.7 Å². The van der Waals surface area contributed by atoms with Gasteiger partial charge in [-0.1, -0.05) is 60.8 Å². The summed E-state index contributed by atoms with van der Waals surface area (Å²) < 4.78 is 0. The molecule has 0 radical (unpaired) electrons. The van der Waals surface area contributed by atoms with Gasteiger partial charge in [0.1, 0.15) is 16.9 Å². The average molecular weight is 433 g/mol. The molecule has 7 heteroatoms. The highest BCUT2D eigenvalue weighted by Crippen LogP contribution is 2.50. The van der Waals surface area contributed by atoms with Gasteiger partial charge in [0.05, 0.1) is 16.2 Å². The normalized spacial score (nSPS) is 21.1. The molecule has 146 valence electrons. The highest BCUT2D eigenvalue weighted by Gasteiger charge is 2.42. The molecule has 1 spiro atoms. The average Bonchev–Trinajstić information content (AvgIpc) is 3.06. The monoisotopic (exact) mass is 432 g/mol. The van der Waals surface area contributed by atoms with E-state index in [0.29, 0.717) is 26.2 Å². The molecule has 0 N–H and O–H groups in total. The minimum Gasteiger partial charge on any atom is -0.355 e. The van der Waals surface area contributed by atoms with Crippen molar-refractivity contribution >= 4 is 40.8 Å². The first kappa shape index (κ1) is 19.8. The zero-order chi connectivity index (χ0) is 19.7. The Morgan fingerprint density at radius 1 is 1.25 bits per heavy atom. The molecule has 1 aromatic carbocycles. The lowest BCUT2D eigenvalue weighted by Crippen LogP contribution is -2.41. The summed E-state index contributed by atoms with van der Waals surface area (Å²) in [5.74, 6) is 1.61. The summed E-state index contributed by atoms with van der Waals surface area (Å²) in [6.07, 6.45) is 8.25. The molecule has 1 aliphatic heterocycles. The number of rotatable bonds is 3. The second-order valence-electron chi connectivity index (χ2n) is 7.79. The Labute approximate surface area is 180 Å². The predicted molar refractivity (Wildman–Crippen MR) is 114 cm³/mol. The second-order valence-corrected chi connectivity index (χ2v) is 9.61. The molecule has 0 amide bonds. The van der Waals surface area contributed by atoms with Crippen molar-refractivity contribution in [3.63, 3.8) is 0 Å². The number of nitriles is 1. The topological polar surface area (TPSA) is 52.8 Å². The van der Waals surface area contributed by atoms with Gasteiger partial charge in [-0.05, 0) is 42.7 Å². The van der Waals surface area contributed by atoms with Crippen LogP contribution >= 0.6 is 35.0 Å². The van der Waals surface area contributed by atoms with Gasteiger partial charge in [0.15, 0.2) is 5.69 Å². The van der Waals surface area contributed by atoms with E-state index in [9.17, 15) is 5.26 Å². The molecule has 1 saturated carbocycles. The van der Waals surface area contributed by atoms with E-state index >= 15 is 0 Å². The number of piperidine rings is 1. The Kier molecular flexibility index (Phi) is 5.73. The van der Waals surface area contributed by atoms with Gasteiger partial charge in [0, 0.05) is 18.0 Å². The molecule has 4 rings (SSSR count). The fourth-order valence-electron chi connectivity index (χ4n) is 4.57. The lowest BCUT2D eigenvalue weighted by Gasteiger charge is -2.42. The highest BCUT2D eigenvalue weighted by atomic mass is 35.5. The first-order valence-corrected chi connectivity index (χ1v) is 11.2. The Morgan fingerprint density at radius 3 is 2.71 bits per heavy atom. The van der Waals surface area contributed by atoms with E-state index in [1.54, 1.807) is 12.3 Å². The van der Waals surface area contributed by atoms with Gasteiger partial charge in [-0.25, -0.2) is 9.97 Å². The fourth-order valence-corrected chi connectivity index (χ4v) is 5.89. The van der Waals surface area contributed by atoms with Crippen molar-refractivity contribution in [1.82, 2.24) is 9.97 Å². The molecule has 0 unspecified atom stereocenters. The second kappa shape index (κ2) is 8.10. The summed E-state index contributed by atoms with van der Waals surface area (Å²) in [6.45, 7) is 4.37. The van der Waals surface area contributed by atoms with Gasteiger partial charge in [-0.3, -0.25) is 0 Å². The van der Waals surface area contributed by atoms with Crippen LogP contribution in [0.3, 0.4) is 0 Å². The van der Waals surface area contributed by atoms with Crippen molar-refractivity contribution < 1.29 is 0 Å². The summed E-state index contributed by atoms with van der Waals surface area (Å²) >= 11 is 13.7. The summed E-state index contributed by atoms with van der Waals surface area (Å²) in [5, 5.41) is 11.1.